The zero-order chi connectivity index (χ0) is 15.9. The van der Waals surface area contributed by atoms with Gasteiger partial charge in [0.05, 0.1) is 25.6 Å². The van der Waals surface area contributed by atoms with E-state index in [1.54, 1.807) is 6.20 Å². The van der Waals surface area contributed by atoms with E-state index in [1.165, 1.54) is 0 Å². The quantitative estimate of drug-likeness (QED) is 0.418. The molecule has 0 aliphatic carbocycles. The van der Waals surface area contributed by atoms with Gasteiger partial charge >= 0.3 is 0 Å². The summed E-state index contributed by atoms with van der Waals surface area (Å²) in [7, 11) is 0. The number of hydrogen-bond donors (Lipinski definition) is 1. The summed E-state index contributed by atoms with van der Waals surface area (Å²) in [5, 5.41) is 3.40. The predicted molar refractivity (Wildman–Crippen MR) is 104 cm³/mol. The molecule has 2 aliphatic heterocycles. The van der Waals surface area contributed by atoms with Gasteiger partial charge in [0.1, 0.15) is 6.10 Å². The highest BCUT2D eigenvalue weighted by Crippen LogP contribution is 2.21. The summed E-state index contributed by atoms with van der Waals surface area (Å²) in [6, 6.07) is 0. The van der Waals surface area contributed by atoms with E-state index >= 15 is 0 Å². The molecule has 8 heteroatoms. The van der Waals surface area contributed by atoms with Gasteiger partial charge in [-0.1, -0.05) is 0 Å². The maximum absolute atomic E-state index is 5.92. The molecule has 3 rings (SSSR count). The maximum atomic E-state index is 5.92. The number of morpholine rings is 1. The number of nitrogens with zero attached hydrogens (tertiary/aromatic N) is 4. The topological polar surface area (TPSA) is 63.9 Å². The van der Waals surface area contributed by atoms with Crippen LogP contribution in [-0.4, -0.2) is 72.0 Å². The lowest BCUT2D eigenvalue weighted by molar-refractivity contribution is -0.0817. The number of hydrogen-bond acceptors (Lipinski definition) is 4. The summed E-state index contributed by atoms with van der Waals surface area (Å²) in [6.07, 6.45) is 8.23. The van der Waals surface area contributed by atoms with Crippen molar-refractivity contribution in [2.75, 3.05) is 39.4 Å². The fourth-order valence-corrected chi connectivity index (χ4v) is 3.10. The molecule has 1 aromatic heterocycles. The van der Waals surface area contributed by atoms with Gasteiger partial charge in [0, 0.05) is 45.2 Å². The van der Waals surface area contributed by atoms with E-state index < -0.39 is 0 Å². The molecular formula is C16H28IN5O2. The molecule has 2 fully saturated rings. The molecule has 0 spiro atoms. The Bertz CT molecular complexity index is 491. The number of ether oxygens (including phenoxy) is 2. The van der Waals surface area contributed by atoms with Crippen LogP contribution in [0, 0.1) is 0 Å². The fraction of sp³-hybridized carbons (Fsp3) is 0.750. The van der Waals surface area contributed by atoms with Gasteiger partial charge in [-0.05, 0) is 19.8 Å². The van der Waals surface area contributed by atoms with Gasteiger partial charge in [-0.2, -0.15) is 0 Å². The van der Waals surface area contributed by atoms with Crippen molar-refractivity contribution in [1.29, 1.82) is 0 Å². The Morgan fingerprint density at radius 2 is 2.21 bits per heavy atom. The Morgan fingerprint density at radius 3 is 2.92 bits per heavy atom. The molecule has 2 aliphatic rings. The number of rotatable bonds is 5. The van der Waals surface area contributed by atoms with Crippen molar-refractivity contribution in [3.8, 4) is 0 Å². The number of guanidine groups is 1. The highest BCUT2D eigenvalue weighted by Gasteiger charge is 2.32. The van der Waals surface area contributed by atoms with Crippen LogP contribution in [0.2, 0.25) is 0 Å². The van der Waals surface area contributed by atoms with Crippen molar-refractivity contribution >= 4 is 29.9 Å². The van der Waals surface area contributed by atoms with Gasteiger partial charge in [-0.15, -0.1) is 24.0 Å². The Kier molecular flexibility index (Phi) is 8.26. The van der Waals surface area contributed by atoms with Crippen LogP contribution in [0.4, 0.5) is 0 Å². The van der Waals surface area contributed by atoms with E-state index in [4.69, 9.17) is 14.5 Å². The number of nitrogens with one attached hydrogen (secondary N) is 1. The SMILES string of the molecule is CCNC(=NCCn1ccnc1)N1CCOC(C2CCCO2)C1.I. The third-order valence-electron chi connectivity index (χ3n) is 4.29. The first-order chi connectivity index (χ1) is 11.4. The highest BCUT2D eigenvalue weighted by molar-refractivity contribution is 14.0. The largest absolute Gasteiger partial charge is 0.375 e. The standard InChI is InChI=1S/C16H27N5O2.HI/c1-2-18-16(19-6-8-20-7-5-17-13-20)21-9-11-23-15(12-21)14-4-3-10-22-14;/h5,7,13-15H,2-4,6,8-12H2,1H3,(H,18,19);1H. The van der Waals surface area contributed by atoms with Gasteiger partial charge in [0.2, 0.25) is 0 Å². The van der Waals surface area contributed by atoms with Crippen LogP contribution in [-0.2, 0) is 16.0 Å². The van der Waals surface area contributed by atoms with E-state index in [9.17, 15) is 0 Å². The van der Waals surface area contributed by atoms with Crippen molar-refractivity contribution in [2.24, 2.45) is 4.99 Å². The second-order valence-corrected chi connectivity index (χ2v) is 5.94. The van der Waals surface area contributed by atoms with Crippen molar-refractivity contribution < 1.29 is 9.47 Å². The predicted octanol–water partition coefficient (Wildman–Crippen LogP) is 1.35. The lowest BCUT2D eigenvalue weighted by Crippen LogP contribution is -2.53. The first-order valence-electron chi connectivity index (χ1n) is 8.59. The van der Waals surface area contributed by atoms with Crippen LogP contribution in [0.25, 0.3) is 0 Å². The molecule has 3 heterocycles. The van der Waals surface area contributed by atoms with Crippen molar-refractivity contribution in [3.05, 3.63) is 18.7 Å². The van der Waals surface area contributed by atoms with E-state index in [1.807, 2.05) is 17.1 Å². The van der Waals surface area contributed by atoms with Crippen molar-refractivity contribution in [2.45, 2.75) is 38.5 Å². The Labute approximate surface area is 160 Å². The van der Waals surface area contributed by atoms with E-state index in [-0.39, 0.29) is 36.2 Å². The average molecular weight is 449 g/mol. The Hall–Kier alpha value is -0.870. The fourth-order valence-electron chi connectivity index (χ4n) is 3.10. The molecule has 0 radical (unpaired) electrons. The minimum Gasteiger partial charge on any atom is -0.375 e. The molecule has 0 saturated carbocycles. The second-order valence-electron chi connectivity index (χ2n) is 5.94. The summed E-state index contributed by atoms with van der Waals surface area (Å²) in [5.74, 6) is 0.971. The van der Waals surface area contributed by atoms with Crippen LogP contribution >= 0.6 is 24.0 Å². The number of aromatic nitrogens is 2. The van der Waals surface area contributed by atoms with E-state index in [2.05, 4.69) is 22.1 Å². The third kappa shape index (κ3) is 5.32. The minimum absolute atomic E-state index is 0. The van der Waals surface area contributed by atoms with E-state index in [0.717, 1.165) is 64.7 Å². The molecule has 24 heavy (non-hydrogen) atoms. The molecule has 1 aromatic rings. The third-order valence-corrected chi connectivity index (χ3v) is 4.29. The summed E-state index contributed by atoms with van der Waals surface area (Å²) in [4.78, 5) is 11.1. The molecular weight excluding hydrogens is 421 g/mol. The van der Waals surface area contributed by atoms with Gasteiger partial charge in [-0.25, -0.2) is 4.98 Å². The summed E-state index contributed by atoms with van der Waals surface area (Å²) >= 11 is 0. The van der Waals surface area contributed by atoms with Crippen LogP contribution in [0.5, 0.6) is 0 Å². The van der Waals surface area contributed by atoms with Crippen molar-refractivity contribution in [3.63, 3.8) is 0 Å². The molecule has 2 atom stereocenters. The van der Waals surface area contributed by atoms with Crippen LogP contribution in [0.15, 0.2) is 23.7 Å². The van der Waals surface area contributed by atoms with Gasteiger partial charge in [-0.3, -0.25) is 4.99 Å². The van der Waals surface area contributed by atoms with Gasteiger partial charge in [0.25, 0.3) is 0 Å². The normalized spacial score (nSPS) is 24.7. The summed E-state index contributed by atoms with van der Waals surface area (Å²) in [6.45, 7) is 7.87. The molecule has 2 unspecified atom stereocenters. The summed E-state index contributed by atoms with van der Waals surface area (Å²) in [5.41, 5.74) is 0. The Morgan fingerprint density at radius 1 is 1.33 bits per heavy atom. The number of aliphatic imine (C=N–C) groups is 1. The first-order valence-corrected chi connectivity index (χ1v) is 8.59. The first kappa shape index (κ1) is 19.5. The molecule has 0 amide bonds. The molecule has 2 saturated heterocycles. The van der Waals surface area contributed by atoms with Crippen LogP contribution in [0.1, 0.15) is 19.8 Å². The lowest BCUT2D eigenvalue weighted by Gasteiger charge is -2.37. The average Bonchev–Trinajstić information content (AvgIpc) is 3.28. The molecule has 0 aromatic carbocycles. The number of imidazole rings is 1. The second kappa shape index (κ2) is 10.2. The van der Waals surface area contributed by atoms with Crippen LogP contribution < -0.4 is 5.32 Å². The molecule has 136 valence electrons. The zero-order valence-electron chi connectivity index (χ0n) is 14.3. The minimum atomic E-state index is 0. The smallest absolute Gasteiger partial charge is 0.194 e. The van der Waals surface area contributed by atoms with E-state index in [0.29, 0.717) is 0 Å². The zero-order valence-corrected chi connectivity index (χ0v) is 16.6. The van der Waals surface area contributed by atoms with Crippen molar-refractivity contribution in [1.82, 2.24) is 19.8 Å². The lowest BCUT2D eigenvalue weighted by atomic mass is 10.1. The highest BCUT2D eigenvalue weighted by atomic mass is 127. The van der Waals surface area contributed by atoms with Gasteiger partial charge < -0.3 is 24.3 Å². The summed E-state index contributed by atoms with van der Waals surface area (Å²) < 4.78 is 13.8. The molecule has 0 bridgehead atoms. The molecule has 1 N–H and O–H groups in total. The molecule has 7 nitrogen and oxygen atoms in total. The monoisotopic (exact) mass is 449 g/mol. The number of halogens is 1. The Balaban J connectivity index is 0.00000208. The van der Waals surface area contributed by atoms with Crippen LogP contribution in [0.3, 0.4) is 0 Å². The van der Waals surface area contributed by atoms with Gasteiger partial charge in [0.15, 0.2) is 5.96 Å². The maximum Gasteiger partial charge on any atom is 0.194 e.